The Labute approximate surface area is 125 Å². The Morgan fingerprint density at radius 1 is 1.45 bits per heavy atom. The Bertz CT molecular complexity index is 487. The molecule has 0 aliphatic heterocycles. The van der Waals surface area contributed by atoms with Crippen molar-refractivity contribution in [1.82, 2.24) is 5.32 Å². The zero-order valence-electron chi connectivity index (χ0n) is 10.6. The molecule has 0 aliphatic rings. The van der Waals surface area contributed by atoms with E-state index in [0.29, 0.717) is 0 Å². The number of nitrogens with one attached hydrogen (secondary N) is 1. The number of alkyl halides is 2. The minimum atomic E-state index is -3.02. The molecule has 0 bridgehead atoms. The summed E-state index contributed by atoms with van der Waals surface area (Å²) in [7, 11) is 0. The van der Waals surface area contributed by atoms with E-state index >= 15 is 0 Å². The summed E-state index contributed by atoms with van der Waals surface area (Å²) >= 11 is 11.6. The lowest BCUT2D eigenvalue weighted by Gasteiger charge is -2.15. The van der Waals surface area contributed by atoms with Gasteiger partial charge in [-0.05, 0) is 12.1 Å². The minimum Gasteiger partial charge on any atom is -0.433 e. The lowest BCUT2D eigenvalue weighted by molar-refractivity contribution is -0.124. The Morgan fingerprint density at radius 3 is 2.65 bits per heavy atom. The van der Waals surface area contributed by atoms with Crippen molar-refractivity contribution in [3.8, 4) is 5.75 Å². The van der Waals surface area contributed by atoms with Crippen molar-refractivity contribution in [1.29, 1.82) is 0 Å². The summed E-state index contributed by atoms with van der Waals surface area (Å²) in [5.41, 5.74) is 5.62. The summed E-state index contributed by atoms with van der Waals surface area (Å²) in [6.07, 6.45) is 0. The average molecular weight is 327 g/mol. The minimum absolute atomic E-state index is 0.0362. The predicted octanol–water partition coefficient (Wildman–Crippen LogP) is 2.81. The van der Waals surface area contributed by atoms with Crippen LogP contribution >= 0.6 is 23.2 Å². The molecular formula is C12H14Cl2F2N2O2. The summed E-state index contributed by atoms with van der Waals surface area (Å²) in [6.45, 7) is -1.23. The maximum Gasteiger partial charge on any atom is 0.387 e. The molecule has 0 fully saturated rings. The molecule has 0 aliphatic carbocycles. The van der Waals surface area contributed by atoms with Gasteiger partial charge in [-0.1, -0.05) is 30.1 Å². The van der Waals surface area contributed by atoms with Gasteiger partial charge in [-0.2, -0.15) is 8.78 Å². The van der Waals surface area contributed by atoms with Crippen molar-refractivity contribution >= 4 is 29.1 Å². The van der Waals surface area contributed by atoms with E-state index in [0.717, 1.165) is 0 Å². The first-order valence-corrected chi connectivity index (χ1v) is 6.51. The molecule has 1 rings (SSSR count). The lowest BCUT2D eigenvalue weighted by atomic mass is 10.1. The predicted molar refractivity (Wildman–Crippen MR) is 73.2 cm³/mol. The van der Waals surface area contributed by atoms with E-state index in [-0.39, 0.29) is 46.3 Å². The number of ether oxygens (including phenoxy) is 1. The maximum absolute atomic E-state index is 12.3. The molecule has 3 N–H and O–H groups in total. The second-order valence-corrected chi connectivity index (χ2v) is 4.95. The number of benzene rings is 1. The molecule has 0 saturated carbocycles. The molecule has 20 heavy (non-hydrogen) atoms. The number of hydrogen-bond acceptors (Lipinski definition) is 3. The number of carbonyl (C=O) groups is 1. The lowest BCUT2D eigenvalue weighted by Crippen LogP contribution is -2.32. The van der Waals surface area contributed by atoms with E-state index < -0.39 is 6.61 Å². The van der Waals surface area contributed by atoms with Crippen LogP contribution in [0, 0.1) is 5.92 Å². The van der Waals surface area contributed by atoms with E-state index in [4.69, 9.17) is 28.9 Å². The first-order valence-electron chi connectivity index (χ1n) is 5.75. The van der Waals surface area contributed by atoms with Crippen molar-refractivity contribution in [2.24, 2.45) is 11.7 Å². The molecule has 1 unspecified atom stereocenters. The third-order valence-corrected chi connectivity index (χ3v) is 3.05. The zero-order chi connectivity index (χ0) is 15.3. The molecule has 4 nitrogen and oxygen atoms in total. The second-order valence-electron chi connectivity index (χ2n) is 4.11. The van der Waals surface area contributed by atoms with Crippen LogP contribution in [-0.2, 0) is 11.3 Å². The summed E-state index contributed by atoms with van der Waals surface area (Å²) in [5, 5.41) is 2.77. The molecular weight excluding hydrogens is 313 g/mol. The van der Waals surface area contributed by atoms with Crippen molar-refractivity contribution in [3.63, 3.8) is 0 Å². The van der Waals surface area contributed by atoms with Crippen molar-refractivity contribution in [2.45, 2.75) is 20.1 Å². The van der Waals surface area contributed by atoms with Gasteiger partial charge >= 0.3 is 6.61 Å². The van der Waals surface area contributed by atoms with Gasteiger partial charge in [-0.3, -0.25) is 4.79 Å². The highest BCUT2D eigenvalue weighted by molar-refractivity contribution is 6.35. The highest BCUT2D eigenvalue weighted by atomic mass is 35.5. The van der Waals surface area contributed by atoms with Crippen LogP contribution < -0.4 is 15.8 Å². The smallest absolute Gasteiger partial charge is 0.387 e. The van der Waals surface area contributed by atoms with Gasteiger partial charge in [0.05, 0.1) is 5.02 Å². The van der Waals surface area contributed by atoms with Crippen LogP contribution in [0.3, 0.4) is 0 Å². The van der Waals surface area contributed by atoms with Gasteiger partial charge < -0.3 is 15.8 Å². The molecule has 0 spiro atoms. The summed E-state index contributed by atoms with van der Waals surface area (Å²) in [4.78, 5) is 11.6. The van der Waals surface area contributed by atoms with Crippen LogP contribution in [0.4, 0.5) is 8.78 Å². The number of nitrogens with two attached hydrogens (primary N) is 1. The number of amides is 1. The Morgan fingerprint density at radius 2 is 2.10 bits per heavy atom. The SMILES string of the molecule is CC(CN)C(=O)NCc1cc(Cl)cc(Cl)c1OC(F)F. The van der Waals surface area contributed by atoms with Crippen LogP contribution in [0.1, 0.15) is 12.5 Å². The van der Waals surface area contributed by atoms with Crippen LogP contribution in [0.2, 0.25) is 10.0 Å². The third-order valence-electron chi connectivity index (χ3n) is 2.55. The number of rotatable bonds is 6. The Hall–Kier alpha value is -1.11. The first kappa shape index (κ1) is 16.9. The van der Waals surface area contributed by atoms with Crippen LogP contribution in [0.5, 0.6) is 5.75 Å². The number of halogens is 4. The highest BCUT2D eigenvalue weighted by Crippen LogP contribution is 2.33. The molecule has 1 aromatic carbocycles. The van der Waals surface area contributed by atoms with E-state index in [1.165, 1.54) is 12.1 Å². The topological polar surface area (TPSA) is 64.4 Å². The molecule has 1 amide bonds. The monoisotopic (exact) mass is 326 g/mol. The fourth-order valence-corrected chi connectivity index (χ4v) is 2.01. The van der Waals surface area contributed by atoms with Crippen molar-refractivity contribution < 1.29 is 18.3 Å². The van der Waals surface area contributed by atoms with Gasteiger partial charge in [-0.15, -0.1) is 0 Å². The first-order chi connectivity index (χ1) is 9.35. The van der Waals surface area contributed by atoms with Gasteiger partial charge in [0.1, 0.15) is 5.75 Å². The molecule has 0 saturated heterocycles. The Kier molecular flexibility index (Phi) is 6.45. The van der Waals surface area contributed by atoms with Gasteiger partial charge in [0, 0.05) is 29.6 Å². The van der Waals surface area contributed by atoms with Gasteiger partial charge in [0.15, 0.2) is 0 Å². The van der Waals surface area contributed by atoms with E-state index in [1.807, 2.05) is 0 Å². The van der Waals surface area contributed by atoms with Crippen LogP contribution in [0.15, 0.2) is 12.1 Å². The van der Waals surface area contributed by atoms with Crippen LogP contribution in [0.25, 0.3) is 0 Å². The van der Waals surface area contributed by atoms with E-state index in [1.54, 1.807) is 6.92 Å². The fourth-order valence-electron chi connectivity index (χ4n) is 1.43. The normalized spacial score (nSPS) is 12.3. The zero-order valence-corrected chi connectivity index (χ0v) is 12.1. The van der Waals surface area contributed by atoms with Crippen LogP contribution in [-0.4, -0.2) is 19.1 Å². The van der Waals surface area contributed by atoms with Gasteiger partial charge in [0.2, 0.25) is 5.91 Å². The third kappa shape index (κ3) is 4.77. The fraction of sp³-hybridized carbons (Fsp3) is 0.417. The maximum atomic E-state index is 12.3. The molecule has 1 atom stereocenters. The van der Waals surface area contributed by atoms with Gasteiger partial charge in [-0.25, -0.2) is 0 Å². The van der Waals surface area contributed by atoms with Crippen molar-refractivity contribution in [2.75, 3.05) is 6.54 Å². The van der Waals surface area contributed by atoms with Gasteiger partial charge in [0.25, 0.3) is 0 Å². The quantitative estimate of drug-likeness (QED) is 0.844. The highest BCUT2D eigenvalue weighted by Gasteiger charge is 2.17. The number of carbonyl (C=O) groups excluding carboxylic acids is 1. The molecule has 8 heteroatoms. The molecule has 0 aromatic heterocycles. The molecule has 1 aromatic rings. The number of hydrogen-bond donors (Lipinski definition) is 2. The molecule has 112 valence electrons. The van der Waals surface area contributed by atoms with E-state index in [9.17, 15) is 13.6 Å². The summed E-state index contributed by atoms with van der Waals surface area (Å²) in [6, 6.07) is 2.69. The standard InChI is InChI=1S/C12H14Cl2F2N2O2/c1-6(4-17)11(19)18-5-7-2-8(13)3-9(14)10(7)20-12(15)16/h2-3,6,12H,4-5,17H2,1H3,(H,18,19). The second kappa shape index (κ2) is 7.61. The van der Waals surface area contributed by atoms with Crippen molar-refractivity contribution in [3.05, 3.63) is 27.7 Å². The Balaban J connectivity index is 2.90. The molecule has 0 radical (unpaired) electrons. The largest absolute Gasteiger partial charge is 0.433 e. The van der Waals surface area contributed by atoms with E-state index in [2.05, 4.69) is 10.1 Å². The summed E-state index contributed by atoms with van der Waals surface area (Å²) < 4.78 is 29.0. The summed E-state index contributed by atoms with van der Waals surface area (Å²) in [5.74, 6) is -0.887. The molecule has 0 heterocycles. The average Bonchev–Trinajstić information content (AvgIpc) is 2.38.